The highest BCUT2D eigenvalue weighted by molar-refractivity contribution is 9.10. The minimum Gasteiger partial charge on any atom is -0.338 e. The summed E-state index contributed by atoms with van der Waals surface area (Å²) < 4.78 is 28.4. The van der Waals surface area contributed by atoms with Crippen molar-refractivity contribution in [1.82, 2.24) is 14.6 Å². The molecule has 3 rings (SSSR count). The van der Waals surface area contributed by atoms with Gasteiger partial charge in [-0.2, -0.15) is 0 Å². The van der Waals surface area contributed by atoms with E-state index in [1.54, 1.807) is 47.6 Å². The summed E-state index contributed by atoms with van der Waals surface area (Å²) in [5, 5.41) is 0. The number of aromatic nitrogens is 1. The molecule has 1 aliphatic heterocycles. The predicted molar refractivity (Wildman–Crippen MR) is 107 cm³/mol. The summed E-state index contributed by atoms with van der Waals surface area (Å²) in [6.07, 6.45) is 4.92. The van der Waals surface area contributed by atoms with Gasteiger partial charge in [0.15, 0.2) is 0 Å². The lowest BCUT2D eigenvalue weighted by molar-refractivity contribution is 0.0676. The quantitative estimate of drug-likeness (QED) is 0.757. The number of nitrogens with one attached hydrogen (secondary N) is 1. The van der Waals surface area contributed by atoms with Crippen LogP contribution in [0.15, 0.2) is 52.1 Å². The zero-order valence-electron chi connectivity index (χ0n) is 15.1. The van der Waals surface area contributed by atoms with Gasteiger partial charge < -0.3 is 4.90 Å². The molecule has 27 heavy (non-hydrogen) atoms. The Morgan fingerprint density at radius 1 is 1.30 bits per heavy atom. The maximum absolute atomic E-state index is 12.7. The second-order valence-electron chi connectivity index (χ2n) is 6.82. The zero-order valence-corrected chi connectivity index (χ0v) is 17.5. The van der Waals surface area contributed by atoms with Crippen molar-refractivity contribution in [3.8, 4) is 0 Å². The van der Waals surface area contributed by atoms with E-state index in [2.05, 4.69) is 25.6 Å². The van der Waals surface area contributed by atoms with Gasteiger partial charge in [0.05, 0.1) is 10.5 Å². The molecule has 8 heteroatoms. The molecule has 0 spiro atoms. The number of sulfonamides is 1. The molecular weight excluding hydrogens is 430 g/mol. The van der Waals surface area contributed by atoms with Gasteiger partial charge in [-0.25, -0.2) is 13.1 Å². The van der Waals surface area contributed by atoms with Crippen LogP contribution in [0, 0.1) is 12.8 Å². The van der Waals surface area contributed by atoms with Gasteiger partial charge in [0.25, 0.3) is 5.91 Å². The van der Waals surface area contributed by atoms with Crippen molar-refractivity contribution in [2.24, 2.45) is 5.92 Å². The van der Waals surface area contributed by atoms with Gasteiger partial charge in [0, 0.05) is 36.5 Å². The first kappa shape index (κ1) is 20.0. The van der Waals surface area contributed by atoms with Crippen molar-refractivity contribution >= 4 is 31.9 Å². The number of carbonyl (C=O) groups is 1. The van der Waals surface area contributed by atoms with Crippen LogP contribution < -0.4 is 4.72 Å². The highest BCUT2D eigenvalue weighted by Gasteiger charge is 2.26. The predicted octanol–water partition coefficient (Wildman–Crippen LogP) is 2.98. The normalized spacial score (nSPS) is 17.7. The molecule has 1 N–H and O–H groups in total. The Labute approximate surface area is 168 Å². The number of nitrogens with zero attached hydrogens (tertiary/aromatic N) is 2. The standard InChI is InChI=1S/C19H22BrN3O3S/c1-14-4-6-18(7-5-14)27(25,26)22-10-15-3-2-8-23(13-15)19(24)16-9-17(20)12-21-11-16/h4-7,9,11-12,15,22H,2-3,8,10,13H2,1H3. The molecule has 0 bridgehead atoms. The van der Waals surface area contributed by atoms with Crippen molar-refractivity contribution in [2.45, 2.75) is 24.7 Å². The van der Waals surface area contributed by atoms with Crippen LogP contribution in [0.5, 0.6) is 0 Å². The molecular formula is C19H22BrN3O3S. The molecule has 1 aliphatic rings. The van der Waals surface area contributed by atoms with Gasteiger partial charge in [-0.05, 0) is 59.8 Å². The number of rotatable bonds is 5. The van der Waals surface area contributed by atoms with Crippen LogP contribution >= 0.6 is 15.9 Å². The van der Waals surface area contributed by atoms with Crippen molar-refractivity contribution in [1.29, 1.82) is 0 Å². The monoisotopic (exact) mass is 451 g/mol. The molecule has 2 aromatic rings. The summed E-state index contributed by atoms with van der Waals surface area (Å²) in [5.74, 6) is 0.0120. The highest BCUT2D eigenvalue weighted by Crippen LogP contribution is 2.20. The van der Waals surface area contributed by atoms with Crippen molar-refractivity contribution in [2.75, 3.05) is 19.6 Å². The number of amides is 1. The van der Waals surface area contributed by atoms with Crippen LogP contribution in [-0.2, 0) is 10.0 Å². The summed E-state index contributed by atoms with van der Waals surface area (Å²) in [6.45, 7) is 3.43. The third kappa shape index (κ3) is 5.15. The molecule has 0 aliphatic carbocycles. The first-order valence-electron chi connectivity index (χ1n) is 8.81. The molecule has 1 unspecified atom stereocenters. The second-order valence-corrected chi connectivity index (χ2v) is 9.50. The van der Waals surface area contributed by atoms with Crippen molar-refractivity contribution in [3.63, 3.8) is 0 Å². The van der Waals surface area contributed by atoms with Gasteiger partial charge in [-0.15, -0.1) is 0 Å². The second kappa shape index (κ2) is 8.50. The smallest absolute Gasteiger partial charge is 0.255 e. The summed E-state index contributed by atoms with van der Waals surface area (Å²) >= 11 is 3.33. The third-order valence-electron chi connectivity index (χ3n) is 4.65. The Kier molecular flexibility index (Phi) is 6.29. The Hall–Kier alpha value is -1.77. The molecule has 1 saturated heterocycles. The van der Waals surface area contributed by atoms with E-state index in [1.165, 1.54) is 0 Å². The Morgan fingerprint density at radius 2 is 2.04 bits per heavy atom. The number of likely N-dealkylation sites (tertiary alicyclic amines) is 1. The van der Waals surface area contributed by atoms with Gasteiger partial charge in [0.2, 0.25) is 10.0 Å². The summed E-state index contributed by atoms with van der Waals surface area (Å²) in [7, 11) is -3.54. The lowest BCUT2D eigenvalue weighted by atomic mass is 9.98. The molecule has 0 saturated carbocycles. The van der Waals surface area contributed by atoms with E-state index < -0.39 is 10.0 Å². The first-order valence-corrected chi connectivity index (χ1v) is 11.1. The largest absolute Gasteiger partial charge is 0.338 e. The topological polar surface area (TPSA) is 79.4 Å². The fraction of sp³-hybridized carbons (Fsp3) is 0.368. The number of halogens is 1. The molecule has 0 radical (unpaired) electrons. The molecule has 1 amide bonds. The average Bonchev–Trinajstić information content (AvgIpc) is 2.66. The van der Waals surface area contributed by atoms with Crippen LogP contribution in [0.3, 0.4) is 0 Å². The van der Waals surface area contributed by atoms with Crippen molar-refractivity contribution < 1.29 is 13.2 Å². The summed E-state index contributed by atoms with van der Waals surface area (Å²) in [6, 6.07) is 8.52. The Morgan fingerprint density at radius 3 is 2.74 bits per heavy atom. The maximum Gasteiger partial charge on any atom is 0.255 e. The average molecular weight is 452 g/mol. The number of hydrogen-bond acceptors (Lipinski definition) is 4. The van der Waals surface area contributed by atoms with Crippen LogP contribution in [0.1, 0.15) is 28.8 Å². The van der Waals surface area contributed by atoms with E-state index in [4.69, 9.17) is 0 Å². The van der Waals surface area contributed by atoms with E-state index >= 15 is 0 Å². The molecule has 1 fully saturated rings. The molecule has 2 heterocycles. The fourth-order valence-corrected chi connectivity index (χ4v) is 4.64. The van der Waals surface area contributed by atoms with Crippen LogP contribution in [0.4, 0.5) is 0 Å². The Balaban J connectivity index is 1.61. The van der Waals surface area contributed by atoms with E-state index in [1.807, 2.05) is 6.92 Å². The number of aryl methyl sites for hydroxylation is 1. The number of benzene rings is 1. The van der Waals surface area contributed by atoms with Crippen LogP contribution in [0.2, 0.25) is 0 Å². The molecule has 1 aromatic carbocycles. The lowest BCUT2D eigenvalue weighted by Gasteiger charge is -2.32. The third-order valence-corrected chi connectivity index (χ3v) is 6.52. The van der Waals surface area contributed by atoms with Gasteiger partial charge in [0.1, 0.15) is 0 Å². The number of pyridine rings is 1. The van der Waals surface area contributed by atoms with E-state index in [0.717, 1.165) is 22.9 Å². The fourth-order valence-electron chi connectivity index (χ4n) is 3.16. The minimum absolute atomic E-state index is 0.0742. The maximum atomic E-state index is 12.7. The van der Waals surface area contributed by atoms with E-state index in [0.29, 0.717) is 25.2 Å². The summed E-state index contributed by atoms with van der Waals surface area (Å²) in [4.78, 5) is 18.8. The van der Waals surface area contributed by atoms with Gasteiger partial charge in [-0.1, -0.05) is 17.7 Å². The molecule has 144 valence electrons. The number of carbonyl (C=O) groups excluding carboxylic acids is 1. The number of hydrogen-bond donors (Lipinski definition) is 1. The SMILES string of the molecule is Cc1ccc(S(=O)(=O)NCC2CCCN(C(=O)c3cncc(Br)c3)C2)cc1. The van der Waals surface area contributed by atoms with Crippen LogP contribution in [0.25, 0.3) is 0 Å². The van der Waals surface area contributed by atoms with Crippen molar-refractivity contribution in [3.05, 3.63) is 58.3 Å². The van der Waals surface area contributed by atoms with Crippen LogP contribution in [-0.4, -0.2) is 43.8 Å². The first-order chi connectivity index (χ1) is 12.8. The van der Waals surface area contributed by atoms with Gasteiger partial charge >= 0.3 is 0 Å². The molecule has 1 aromatic heterocycles. The van der Waals surface area contributed by atoms with Gasteiger partial charge in [-0.3, -0.25) is 9.78 Å². The Bertz CT molecular complexity index is 916. The highest BCUT2D eigenvalue weighted by atomic mass is 79.9. The zero-order chi connectivity index (χ0) is 19.4. The lowest BCUT2D eigenvalue weighted by Crippen LogP contribution is -2.43. The number of piperidine rings is 1. The van der Waals surface area contributed by atoms with E-state index in [9.17, 15) is 13.2 Å². The van der Waals surface area contributed by atoms with E-state index in [-0.39, 0.29) is 16.7 Å². The molecule has 6 nitrogen and oxygen atoms in total. The molecule has 1 atom stereocenters. The summed E-state index contributed by atoms with van der Waals surface area (Å²) in [5.41, 5.74) is 1.54. The minimum atomic E-state index is -3.54.